The molecule has 1 aliphatic rings. The van der Waals surface area contributed by atoms with Crippen LogP contribution in [0.25, 0.3) is 11.3 Å². The van der Waals surface area contributed by atoms with Crippen molar-refractivity contribution in [2.75, 3.05) is 42.9 Å². The van der Waals surface area contributed by atoms with Gasteiger partial charge >= 0.3 is 0 Å². The SMILES string of the molecule is O=C(CN1CCN(c2cccc(Cl)c2)CC1)Nc1nc(-c2ccc(Br)cc2)cs1. The number of benzene rings is 2. The van der Waals surface area contributed by atoms with Crippen LogP contribution in [0, 0.1) is 0 Å². The Bertz CT molecular complexity index is 986. The van der Waals surface area contributed by atoms with Gasteiger partial charge in [-0.05, 0) is 30.3 Å². The van der Waals surface area contributed by atoms with Crippen molar-refractivity contribution < 1.29 is 4.79 Å². The van der Waals surface area contributed by atoms with Gasteiger partial charge in [-0.1, -0.05) is 45.7 Å². The fourth-order valence-corrected chi connectivity index (χ4v) is 4.47. The molecule has 0 radical (unpaired) electrons. The molecule has 2 aromatic carbocycles. The minimum atomic E-state index is -0.0297. The summed E-state index contributed by atoms with van der Waals surface area (Å²) in [6, 6.07) is 15.9. The summed E-state index contributed by atoms with van der Waals surface area (Å²) in [5.74, 6) is -0.0297. The molecule has 0 atom stereocenters. The van der Waals surface area contributed by atoms with E-state index < -0.39 is 0 Å². The number of nitrogens with zero attached hydrogens (tertiary/aromatic N) is 3. The van der Waals surface area contributed by atoms with Gasteiger partial charge in [-0.25, -0.2) is 4.98 Å². The fraction of sp³-hybridized carbons (Fsp3) is 0.238. The van der Waals surface area contributed by atoms with Gasteiger partial charge in [0.15, 0.2) is 5.13 Å². The van der Waals surface area contributed by atoms with Crippen LogP contribution >= 0.6 is 38.9 Å². The Hall–Kier alpha value is -1.93. The Kier molecular flexibility index (Phi) is 6.50. The van der Waals surface area contributed by atoms with Crippen molar-refractivity contribution in [2.45, 2.75) is 0 Å². The topological polar surface area (TPSA) is 48.5 Å². The van der Waals surface area contributed by atoms with Crippen LogP contribution < -0.4 is 10.2 Å². The zero-order valence-electron chi connectivity index (χ0n) is 15.6. The molecule has 1 aliphatic heterocycles. The first-order valence-electron chi connectivity index (χ1n) is 9.31. The number of carbonyl (C=O) groups excluding carboxylic acids is 1. The van der Waals surface area contributed by atoms with Gasteiger partial charge in [-0.3, -0.25) is 9.69 Å². The van der Waals surface area contributed by atoms with Gasteiger partial charge in [-0.15, -0.1) is 11.3 Å². The Labute approximate surface area is 187 Å². The zero-order valence-corrected chi connectivity index (χ0v) is 18.8. The molecule has 1 N–H and O–H groups in total. The Morgan fingerprint density at radius 1 is 1.14 bits per heavy atom. The third-order valence-electron chi connectivity index (χ3n) is 4.80. The van der Waals surface area contributed by atoms with E-state index in [1.165, 1.54) is 11.3 Å². The van der Waals surface area contributed by atoms with E-state index in [1.807, 2.05) is 47.8 Å². The Morgan fingerprint density at radius 3 is 2.62 bits per heavy atom. The summed E-state index contributed by atoms with van der Waals surface area (Å²) in [7, 11) is 0. The summed E-state index contributed by atoms with van der Waals surface area (Å²) in [5.41, 5.74) is 3.03. The predicted octanol–water partition coefficient (Wildman–Crippen LogP) is 4.99. The first kappa shape index (κ1) is 20.3. The molecule has 0 bridgehead atoms. The lowest BCUT2D eigenvalue weighted by molar-refractivity contribution is -0.117. The average Bonchev–Trinajstić information content (AvgIpc) is 3.17. The van der Waals surface area contributed by atoms with Crippen molar-refractivity contribution >= 4 is 55.6 Å². The summed E-state index contributed by atoms with van der Waals surface area (Å²) in [5, 5.41) is 6.26. The van der Waals surface area contributed by atoms with Gasteiger partial charge in [-0.2, -0.15) is 0 Å². The molecule has 0 unspecified atom stereocenters. The van der Waals surface area contributed by atoms with Crippen LogP contribution in [-0.2, 0) is 4.79 Å². The number of hydrogen-bond acceptors (Lipinski definition) is 5. The number of halogens is 2. The molecule has 2 heterocycles. The van der Waals surface area contributed by atoms with E-state index in [4.69, 9.17) is 11.6 Å². The third-order valence-corrected chi connectivity index (χ3v) is 6.32. The normalized spacial score (nSPS) is 14.8. The number of thiazole rings is 1. The molecule has 1 aromatic heterocycles. The maximum absolute atomic E-state index is 12.4. The van der Waals surface area contributed by atoms with Crippen molar-refractivity contribution in [3.05, 3.63) is 63.4 Å². The van der Waals surface area contributed by atoms with Crippen LogP contribution in [-0.4, -0.2) is 48.5 Å². The highest BCUT2D eigenvalue weighted by Crippen LogP contribution is 2.26. The van der Waals surface area contributed by atoms with Crippen LogP contribution in [0.15, 0.2) is 58.4 Å². The molecule has 1 saturated heterocycles. The molecule has 150 valence electrons. The van der Waals surface area contributed by atoms with Gasteiger partial charge in [0.25, 0.3) is 0 Å². The molecule has 5 nitrogen and oxygen atoms in total. The quantitative estimate of drug-likeness (QED) is 0.546. The number of hydrogen-bond donors (Lipinski definition) is 1. The maximum Gasteiger partial charge on any atom is 0.240 e. The van der Waals surface area contributed by atoms with Crippen LogP contribution in [0.1, 0.15) is 0 Å². The van der Waals surface area contributed by atoms with E-state index in [1.54, 1.807) is 0 Å². The summed E-state index contributed by atoms with van der Waals surface area (Å²) in [4.78, 5) is 21.4. The van der Waals surface area contributed by atoms with Gasteiger partial charge < -0.3 is 10.2 Å². The minimum Gasteiger partial charge on any atom is -0.369 e. The summed E-state index contributed by atoms with van der Waals surface area (Å²) in [6.07, 6.45) is 0. The summed E-state index contributed by atoms with van der Waals surface area (Å²) >= 11 is 11.0. The number of carbonyl (C=O) groups is 1. The van der Waals surface area contributed by atoms with E-state index in [0.29, 0.717) is 11.7 Å². The van der Waals surface area contributed by atoms with E-state index >= 15 is 0 Å². The second kappa shape index (κ2) is 9.26. The lowest BCUT2D eigenvalue weighted by atomic mass is 10.2. The Balaban J connectivity index is 1.28. The van der Waals surface area contributed by atoms with Crippen LogP contribution in [0.5, 0.6) is 0 Å². The molecular formula is C21H20BrClN4OS. The fourth-order valence-electron chi connectivity index (χ4n) is 3.28. The van der Waals surface area contributed by atoms with Gasteiger partial charge in [0.05, 0.1) is 12.2 Å². The molecule has 4 rings (SSSR count). The molecular weight excluding hydrogens is 472 g/mol. The number of amides is 1. The van der Waals surface area contributed by atoms with Gasteiger partial charge in [0.1, 0.15) is 0 Å². The zero-order chi connectivity index (χ0) is 20.2. The molecule has 1 fully saturated rings. The second-order valence-corrected chi connectivity index (χ2v) is 9.05. The molecule has 3 aromatic rings. The second-order valence-electron chi connectivity index (χ2n) is 6.84. The lowest BCUT2D eigenvalue weighted by Crippen LogP contribution is -2.48. The third kappa shape index (κ3) is 5.36. The summed E-state index contributed by atoms with van der Waals surface area (Å²) < 4.78 is 1.03. The number of piperazine rings is 1. The molecule has 29 heavy (non-hydrogen) atoms. The minimum absolute atomic E-state index is 0.0297. The highest BCUT2D eigenvalue weighted by molar-refractivity contribution is 9.10. The highest BCUT2D eigenvalue weighted by atomic mass is 79.9. The standard InChI is InChI=1S/C21H20BrClN4OS/c22-16-6-4-15(5-7-16)19-14-29-21(24-19)25-20(28)13-26-8-10-27(11-9-26)18-3-1-2-17(23)12-18/h1-7,12,14H,8-11,13H2,(H,24,25,28). The van der Waals surface area contributed by atoms with E-state index in [0.717, 1.165) is 52.6 Å². The number of rotatable bonds is 5. The van der Waals surface area contributed by atoms with Crippen molar-refractivity contribution in [3.63, 3.8) is 0 Å². The molecule has 8 heteroatoms. The van der Waals surface area contributed by atoms with Crippen LogP contribution in [0.2, 0.25) is 5.02 Å². The van der Waals surface area contributed by atoms with Crippen LogP contribution in [0.4, 0.5) is 10.8 Å². The van der Waals surface area contributed by atoms with E-state index in [9.17, 15) is 4.79 Å². The maximum atomic E-state index is 12.4. The molecule has 0 spiro atoms. The number of aromatic nitrogens is 1. The predicted molar refractivity (Wildman–Crippen MR) is 124 cm³/mol. The largest absolute Gasteiger partial charge is 0.369 e. The van der Waals surface area contributed by atoms with Crippen molar-refractivity contribution in [2.24, 2.45) is 0 Å². The first-order chi connectivity index (χ1) is 14.1. The van der Waals surface area contributed by atoms with Crippen LogP contribution in [0.3, 0.4) is 0 Å². The summed E-state index contributed by atoms with van der Waals surface area (Å²) in [6.45, 7) is 3.79. The monoisotopic (exact) mass is 490 g/mol. The van der Waals surface area contributed by atoms with Gasteiger partial charge in [0, 0.05) is 52.3 Å². The smallest absolute Gasteiger partial charge is 0.240 e. The van der Waals surface area contributed by atoms with Gasteiger partial charge in [0.2, 0.25) is 5.91 Å². The Morgan fingerprint density at radius 2 is 1.90 bits per heavy atom. The van der Waals surface area contributed by atoms with Crippen molar-refractivity contribution in [3.8, 4) is 11.3 Å². The van der Waals surface area contributed by atoms with Crippen molar-refractivity contribution in [1.82, 2.24) is 9.88 Å². The number of anilines is 2. The molecule has 0 aliphatic carbocycles. The molecule has 1 amide bonds. The van der Waals surface area contributed by atoms with E-state index in [2.05, 4.69) is 42.1 Å². The highest BCUT2D eigenvalue weighted by Gasteiger charge is 2.20. The number of nitrogens with one attached hydrogen (secondary N) is 1. The van der Waals surface area contributed by atoms with E-state index in [-0.39, 0.29) is 5.91 Å². The lowest BCUT2D eigenvalue weighted by Gasteiger charge is -2.35. The average molecular weight is 492 g/mol. The van der Waals surface area contributed by atoms with Crippen molar-refractivity contribution in [1.29, 1.82) is 0 Å². The molecule has 0 saturated carbocycles. The first-order valence-corrected chi connectivity index (χ1v) is 11.4.